The van der Waals surface area contributed by atoms with E-state index >= 15 is 0 Å². The molecule has 4 nitrogen and oxygen atoms in total. The molecular weight excluding hydrogens is 260 g/mol. The summed E-state index contributed by atoms with van der Waals surface area (Å²) in [5.41, 5.74) is 0. The minimum Gasteiger partial charge on any atom is -0.469 e. The fourth-order valence-corrected chi connectivity index (χ4v) is 3.09. The molecule has 0 aromatic carbocycles. The lowest BCUT2D eigenvalue weighted by atomic mass is 9.97. The summed E-state index contributed by atoms with van der Waals surface area (Å²) in [6.45, 7) is 2.73. The van der Waals surface area contributed by atoms with Crippen molar-refractivity contribution >= 4 is 28.9 Å². The van der Waals surface area contributed by atoms with Gasteiger partial charge in [-0.25, -0.2) is 4.98 Å². The molecule has 1 aliphatic rings. The zero-order chi connectivity index (χ0) is 12.3. The van der Waals surface area contributed by atoms with Gasteiger partial charge in [-0.15, -0.1) is 11.3 Å². The molecule has 0 unspecified atom stereocenters. The molecule has 1 fully saturated rings. The smallest absolute Gasteiger partial charge is 0.308 e. The van der Waals surface area contributed by atoms with E-state index in [0.717, 1.165) is 32.5 Å². The second kappa shape index (κ2) is 5.80. The molecule has 94 valence electrons. The number of thiazole rings is 1. The average Bonchev–Trinajstić information content (AvgIpc) is 2.75. The summed E-state index contributed by atoms with van der Waals surface area (Å²) in [5, 5.41) is 0. The van der Waals surface area contributed by atoms with E-state index in [1.54, 1.807) is 0 Å². The number of ether oxygens (including phenoxy) is 1. The van der Waals surface area contributed by atoms with E-state index in [0.29, 0.717) is 4.47 Å². The molecule has 0 atom stereocenters. The van der Waals surface area contributed by atoms with E-state index in [9.17, 15) is 4.79 Å². The average molecular weight is 275 g/mol. The SMILES string of the molecule is COC(=O)C1CCN(Cc2cnc(Cl)s2)CC1. The number of aromatic nitrogens is 1. The highest BCUT2D eigenvalue weighted by Crippen LogP contribution is 2.23. The van der Waals surface area contributed by atoms with Crippen LogP contribution in [0.15, 0.2) is 6.20 Å². The Kier molecular flexibility index (Phi) is 4.36. The largest absolute Gasteiger partial charge is 0.469 e. The Morgan fingerprint density at radius 1 is 1.65 bits per heavy atom. The van der Waals surface area contributed by atoms with E-state index in [2.05, 4.69) is 9.88 Å². The van der Waals surface area contributed by atoms with E-state index < -0.39 is 0 Å². The van der Waals surface area contributed by atoms with Crippen molar-refractivity contribution in [3.8, 4) is 0 Å². The van der Waals surface area contributed by atoms with Gasteiger partial charge in [-0.1, -0.05) is 11.6 Å². The first-order valence-corrected chi connectivity index (χ1v) is 6.79. The Morgan fingerprint density at radius 3 is 2.88 bits per heavy atom. The standard InChI is InChI=1S/C11H15ClN2O2S/c1-16-10(15)8-2-4-14(5-3-8)7-9-6-13-11(12)17-9/h6,8H,2-5,7H2,1H3. The number of carbonyl (C=O) groups is 1. The Morgan fingerprint density at radius 2 is 2.35 bits per heavy atom. The van der Waals surface area contributed by atoms with E-state index in [-0.39, 0.29) is 11.9 Å². The van der Waals surface area contributed by atoms with Crippen molar-refractivity contribution in [2.24, 2.45) is 5.92 Å². The molecule has 0 radical (unpaired) electrons. The maximum atomic E-state index is 11.4. The summed E-state index contributed by atoms with van der Waals surface area (Å²) in [4.78, 5) is 18.9. The van der Waals surface area contributed by atoms with Crippen LogP contribution in [0.5, 0.6) is 0 Å². The first-order valence-electron chi connectivity index (χ1n) is 5.59. The molecule has 1 aromatic rings. The summed E-state index contributed by atoms with van der Waals surface area (Å²) < 4.78 is 5.35. The highest BCUT2D eigenvalue weighted by atomic mass is 35.5. The summed E-state index contributed by atoms with van der Waals surface area (Å²) in [5.74, 6) is -0.00761. The number of methoxy groups -OCH3 is 1. The number of halogens is 1. The van der Waals surface area contributed by atoms with Crippen LogP contribution in [0.3, 0.4) is 0 Å². The summed E-state index contributed by atoms with van der Waals surface area (Å²) in [6.07, 6.45) is 3.57. The number of nitrogens with zero attached hydrogens (tertiary/aromatic N) is 2. The van der Waals surface area contributed by atoms with Crippen molar-refractivity contribution in [2.75, 3.05) is 20.2 Å². The van der Waals surface area contributed by atoms with Crippen LogP contribution in [0, 0.1) is 5.92 Å². The van der Waals surface area contributed by atoms with Crippen LogP contribution in [0.25, 0.3) is 0 Å². The van der Waals surface area contributed by atoms with Gasteiger partial charge < -0.3 is 4.74 Å². The Labute approximate surface area is 110 Å². The molecule has 0 amide bonds. The molecular formula is C11H15ClN2O2S. The molecule has 0 spiro atoms. The number of esters is 1. The van der Waals surface area contributed by atoms with E-state index in [1.165, 1.54) is 23.3 Å². The molecule has 0 bridgehead atoms. The fraction of sp³-hybridized carbons (Fsp3) is 0.636. The zero-order valence-electron chi connectivity index (χ0n) is 9.69. The quantitative estimate of drug-likeness (QED) is 0.793. The molecule has 1 aromatic heterocycles. The summed E-state index contributed by atoms with van der Waals surface area (Å²) in [7, 11) is 1.45. The minimum absolute atomic E-state index is 0.0706. The van der Waals surface area contributed by atoms with Crippen LogP contribution in [-0.2, 0) is 16.1 Å². The van der Waals surface area contributed by atoms with Crippen LogP contribution in [-0.4, -0.2) is 36.1 Å². The first-order chi connectivity index (χ1) is 8.19. The predicted octanol–water partition coefficient (Wildman–Crippen LogP) is 2.18. The van der Waals surface area contributed by atoms with Crippen molar-refractivity contribution in [3.63, 3.8) is 0 Å². The molecule has 17 heavy (non-hydrogen) atoms. The molecule has 2 rings (SSSR count). The number of hydrogen-bond acceptors (Lipinski definition) is 5. The number of hydrogen-bond donors (Lipinski definition) is 0. The summed E-state index contributed by atoms with van der Waals surface area (Å²) >= 11 is 7.30. The molecule has 2 heterocycles. The van der Waals surface area contributed by atoms with Crippen molar-refractivity contribution in [3.05, 3.63) is 15.5 Å². The van der Waals surface area contributed by atoms with Gasteiger partial charge in [0.1, 0.15) is 0 Å². The number of likely N-dealkylation sites (tertiary alicyclic amines) is 1. The first kappa shape index (κ1) is 12.8. The predicted molar refractivity (Wildman–Crippen MR) is 67.1 cm³/mol. The molecule has 6 heteroatoms. The summed E-state index contributed by atoms with van der Waals surface area (Å²) in [6, 6.07) is 0. The molecule has 0 N–H and O–H groups in total. The molecule has 0 saturated carbocycles. The third-order valence-corrected chi connectivity index (χ3v) is 4.13. The normalized spacial score (nSPS) is 18.2. The number of rotatable bonds is 3. The third kappa shape index (κ3) is 3.40. The molecule has 1 saturated heterocycles. The Balaban J connectivity index is 1.81. The van der Waals surface area contributed by atoms with Crippen LogP contribution in [0.2, 0.25) is 4.47 Å². The van der Waals surface area contributed by atoms with Gasteiger partial charge in [0.2, 0.25) is 0 Å². The van der Waals surface area contributed by atoms with Crippen molar-refractivity contribution in [1.29, 1.82) is 0 Å². The maximum Gasteiger partial charge on any atom is 0.308 e. The van der Waals surface area contributed by atoms with Crippen molar-refractivity contribution in [1.82, 2.24) is 9.88 Å². The lowest BCUT2D eigenvalue weighted by Gasteiger charge is -2.29. The van der Waals surface area contributed by atoms with E-state index in [4.69, 9.17) is 16.3 Å². The van der Waals surface area contributed by atoms with Gasteiger partial charge in [0.25, 0.3) is 0 Å². The van der Waals surface area contributed by atoms with Gasteiger partial charge in [0.05, 0.1) is 13.0 Å². The number of carbonyl (C=O) groups excluding carboxylic acids is 1. The van der Waals surface area contributed by atoms with Crippen LogP contribution >= 0.6 is 22.9 Å². The van der Waals surface area contributed by atoms with Gasteiger partial charge in [0.15, 0.2) is 4.47 Å². The Hall–Kier alpha value is -0.650. The second-order valence-corrected chi connectivity index (χ2v) is 5.85. The van der Waals surface area contributed by atoms with Crippen molar-refractivity contribution < 1.29 is 9.53 Å². The third-order valence-electron chi connectivity index (χ3n) is 3.03. The van der Waals surface area contributed by atoms with Crippen molar-refractivity contribution in [2.45, 2.75) is 19.4 Å². The molecule has 1 aliphatic heterocycles. The van der Waals surface area contributed by atoms with Gasteiger partial charge in [-0.2, -0.15) is 0 Å². The van der Waals surface area contributed by atoms with Crippen LogP contribution in [0.4, 0.5) is 0 Å². The van der Waals surface area contributed by atoms with Gasteiger partial charge in [0, 0.05) is 17.6 Å². The molecule has 0 aliphatic carbocycles. The van der Waals surface area contributed by atoms with Crippen LogP contribution < -0.4 is 0 Å². The van der Waals surface area contributed by atoms with E-state index in [1.807, 2.05) is 6.20 Å². The van der Waals surface area contributed by atoms with Gasteiger partial charge in [-0.05, 0) is 25.9 Å². The second-order valence-electron chi connectivity index (χ2n) is 4.15. The topological polar surface area (TPSA) is 42.4 Å². The monoisotopic (exact) mass is 274 g/mol. The lowest BCUT2D eigenvalue weighted by Crippen LogP contribution is -2.36. The highest BCUT2D eigenvalue weighted by molar-refractivity contribution is 7.15. The highest BCUT2D eigenvalue weighted by Gasteiger charge is 2.25. The van der Waals surface area contributed by atoms with Gasteiger partial charge >= 0.3 is 5.97 Å². The fourth-order valence-electron chi connectivity index (χ4n) is 2.07. The minimum atomic E-state index is -0.0783. The van der Waals surface area contributed by atoms with Crippen LogP contribution in [0.1, 0.15) is 17.7 Å². The number of piperidine rings is 1. The zero-order valence-corrected chi connectivity index (χ0v) is 11.3. The van der Waals surface area contributed by atoms with Gasteiger partial charge in [-0.3, -0.25) is 9.69 Å². The maximum absolute atomic E-state index is 11.4. The Bertz CT molecular complexity index is 389. The lowest BCUT2D eigenvalue weighted by molar-refractivity contribution is -0.147.